The molecule has 0 amide bonds. The zero-order valence-electron chi connectivity index (χ0n) is 11.2. The van der Waals surface area contributed by atoms with Crippen molar-refractivity contribution in [2.75, 3.05) is 0 Å². The molecule has 0 aliphatic rings. The highest BCUT2D eigenvalue weighted by Crippen LogP contribution is 2.29. The molecule has 0 aliphatic heterocycles. The summed E-state index contributed by atoms with van der Waals surface area (Å²) in [6.07, 6.45) is -2.67. The summed E-state index contributed by atoms with van der Waals surface area (Å²) in [6, 6.07) is 4.98. The number of hydrogen-bond donors (Lipinski definition) is 1. The Morgan fingerprint density at radius 1 is 1.25 bits per heavy atom. The van der Waals surface area contributed by atoms with E-state index in [1.165, 1.54) is 12.1 Å². The smallest absolute Gasteiger partial charge is 0.416 e. The van der Waals surface area contributed by atoms with E-state index in [1.54, 1.807) is 13.1 Å². The number of aryl methyl sites for hydroxylation is 1. The maximum atomic E-state index is 12.4. The third-order valence-corrected chi connectivity index (χ3v) is 2.90. The lowest BCUT2D eigenvalue weighted by Crippen LogP contribution is -2.18. The van der Waals surface area contributed by atoms with E-state index in [1.807, 2.05) is 6.92 Å². The van der Waals surface area contributed by atoms with Crippen molar-refractivity contribution in [2.24, 2.45) is 0 Å². The second kappa shape index (κ2) is 5.66. The fourth-order valence-electron chi connectivity index (χ4n) is 1.74. The van der Waals surface area contributed by atoms with Gasteiger partial charge in [0.25, 0.3) is 0 Å². The van der Waals surface area contributed by atoms with Gasteiger partial charge in [0, 0.05) is 6.54 Å². The Morgan fingerprint density at radius 3 is 2.40 bits per heavy atom. The lowest BCUT2D eigenvalue weighted by Gasteiger charge is -2.11. The molecule has 0 saturated carbocycles. The number of oxazole rings is 1. The minimum absolute atomic E-state index is 0.106. The van der Waals surface area contributed by atoms with E-state index < -0.39 is 11.7 Å². The SMILES string of the molecule is Cc1cnc(C(C)NCc2ccc(C(F)(F)F)cc2)o1. The molecule has 1 heterocycles. The van der Waals surface area contributed by atoms with Crippen LogP contribution >= 0.6 is 0 Å². The summed E-state index contributed by atoms with van der Waals surface area (Å²) in [5.74, 6) is 1.29. The lowest BCUT2D eigenvalue weighted by atomic mass is 10.1. The Hall–Kier alpha value is -1.82. The van der Waals surface area contributed by atoms with Crippen molar-refractivity contribution in [3.05, 3.63) is 53.2 Å². The first kappa shape index (κ1) is 14.6. The number of benzene rings is 1. The van der Waals surface area contributed by atoms with Gasteiger partial charge in [0.05, 0.1) is 17.8 Å². The predicted molar refractivity (Wildman–Crippen MR) is 67.9 cm³/mol. The van der Waals surface area contributed by atoms with Gasteiger partial charge in [-0.2, -0.15) is 13.2 Å². The normalized spacial score (nSPS) is 13.4. The maximum absolute atomic E-state index is 12.4. The maximum Gasteiger partial charge on any atom is 0.416 e. The summed E-state index contributed by atoms with van der Waals surface area (Å²) in [7, 11) is 0. The molecule has 1 aromatic carbocycles. The van der Waals surface area contributed by atoms with Gasteiger partial charge in [0.15, 0.2) is 0 Å². The second-order valence-electron chi connectivity index (χ2n) is 4.61. The van der Waals surface area contributed by atoms with E-state index >= 15 is 0 Å². The number of rotatable bonds is 4. The average molecular weight is 284 g/mol. The van der Waals surface area contributed by atoms with E-state index in [0.717, 1.165) is 23.5 Å². The number of alkyl halides is 3. The number of nitrogens with zero attached hydrogens (tertiary/aromatic N) is 1. The molecule has 0 bridgehead atoms. The second-order valence-corrected chi connectivity index (χ2v) is 4.61. The molecule has 0 radical (unpaired) electrons. The van der Waals surface area contributed by atoms with Crippen LogP contribution in [-0.2, 0) is 12.7 Å². The van der Waals surface area contributed by atoms with Crippen molar-refractivity contribution in [3.8, 4) is 0 Å². The molecule has 1 N–H and O–H groups in total. The Balaban J connectivity index is 1.94. The van der Waals surface area contributed by atoms with E-state index in [2.05, 4.69) is 10.3 Å². The van der Waals surface area contributed by atoms with Crippen LogP contribution in [0.4, 0.5) is 13.2 Å². The number of halogens is 3. The molecule has 0 fully saturated rings. The molecule has 108 valence electrons. The number of hydrogen-bond acceptors (Lipinski definition) is 3. The molecule has 2 aromatic rings. The average Bonchev–Trinajstić information content (AvgIpc) is 2.82. The van der Waals surface area contributed by atoms with Gasteiger partial charge in [-0.3, -0.25) is 0 Å². The van der Waals surface area contributed by atoms with Crippen LogP contribution in [0.1, 0.15) is 35.7 Å². The first-order chi connectivity index (χ1) is 9.36. The van der Waals surface area contributed by atoms with Gasteiger partial charge in [-0.25, -0.2) is 4.98 Å². The standard InChI is InChI=1S/C14H15F3N2O/c1-9-7-19-13(20-9)10(2)18-8-11-3-5-12(6-4-11)14(15,16)17/h3-7,10,18H,8H2,1-2H3. The van der Waals surface area contributed by atoms with E-state index in [-0.39, 0.29) is 6.04 Å². The Bertz CT molecular complexity index is 561. The summed E-state index contributed by atoms with van der Waals surface area (Å²) >= 11 is 0. The van der Waals surface area contributed by atoms with Gasteiger partial charge < -0.3 is 9.73 Å². The molecule has 0 aliphatic carbocycles. The van der Waals surface area contributed by atoms with Gasteiger partial charge in [0.1, 0.15) is 5.76 Å². The van der Waals surface area contributed by atoms with Crippen molar-refractivity contribution < 1.29 is 17.6 Å². The Morgan fingerprint density at radius 2 is 1.90 bits per heavy atom. The van der Waals surface area contributed by atoms with Crippen LogP contribution in [0.3, 0.4) is 0 Å². The molecule has 1 atom stereocenters. The largest absolute Gasteiger partial charge is 0.444 e. The van der Waals surface area contributed by atoms with Gasteiger partial charge in [-0.05, 0) is 31.5 Å². The summed E-state index contributed by atoms with van der Waals surface area (Å²) in [5, 5.41) is 3.15. The van der Waals surface area contributed by atoms with Crippen molar-refractivity contribution in [1.82, 2.24) is 10.3 Å². The predicted octanol–water partition coefficient (Wildman–Crippen LogP) is 3.85. The lowest BCUT2D eigenvalue weighted by molar-refractivity contribution is -0.137. The van der Waals surface area contributed by atoms with Crippen LogP contribution in [0.15, 0.2) is 34.9 Å². The highest BCUT2D eigenvalue weighted by atomic mass is 19.4. The quantitative estimate of drug-likeness (QED) is 0.926. The summed E-state index contributed by atoms with van der Waals surface area (Å²) in [6.45, 7) is 4.13. The summed E-state index contributed by atoms with van der Waals surface area (Å²) in [5.41, 5.74) is 0.130. The van der Waals surface area contributed by atoms with Crippen molar-refractivity contribution in [2.45, 2.75) is 32.6 Å². The fraction of sp³-hybridized carbons (Fsp3) is 0.357. The third kappa shape index (κ3) is 3.60. The number of nitrogens with one attached hydrogen (secondary N) is 1. The van der Waals surface area contributed by atoms with Crippen LogP contribution in [-0.4, -0.2) is 4.98 Å². The zero-order chi connectivity index (χ0) is 14.8. The molecule has 2 rings (SSSR count). The van der Waals surface area contributed by atoms with Gasteiger partial charge in [-0.1, -0.05) is 12.1 Å². The molecular weight excluding hydrogens is 269 g/mol. The van der Waals surface area contributed by atoms with Crippen LogP contribution in [0.2, 0.25) is 0 Å². The zero-order valence-corrected chi connectivity index (χ0v) is 11.2. The third-order valence-electron chi connectivity index (χ3n) is 2.90. The van der Waals surface area contributed by atoms with E-state index in [0.29, 0.717) is 12.4 Å². The highest BCUT2D eigenvalue weighted by molar-refractivity contribution is 5.24. The van der Waals surface area contributed by atoms with Crippen LogP contribution in [0, 0.1) is 6.92 Å². The van der Waals surface area contributed by atoms with Crippen molar-refractivity contribution in [3.63, 3.8) is 0 Å². The van der Waals surface area contributed by atoms with Crippen molar-refractivity contribution in [1.29, 1.82) is 0 Å². The Labute approximate surface area is 114 Å². The summed E-state index contributed by atoms with van der Waals surface area (Å²) in [4.78, 5) is 4.10. The molecule has 3 nitrogen and oxygen atoms in total. The monoisotopic (exact) mass is 284 g/mol. The topological polar surface area (TPSA) is 38.1 Å². The first-order valence-corrected chi connectivity index (χ1v) is 6.18. The molecule has 0 saturated heterocycles. The molecule has 1 aromatic heterocycles. The number of aromatic nitrogens is 1. The Kier molecular flexibility index (Phi) is 4.13. The first-order valence-electron chi connectivity index (χ1n) is 6.18. The highest BCUT2D eigenvalue weighted by Gasteiger charge is 2.29. The van der Waals surface area contributed by atoms with Crippen molar-refractivity contribution >= 4 is 0 Å². The van der Waals surface area contributed by atoms with Crippen LogP contribution in [0.5, 0.6) is 0 Å². The summed E-state index contributed by atoms with van der Waals surface area (Å²) < 4.78 is 42.6. The van der Waals surface area contributed by atoms with Gasteiger partial charge >= 0.3 is 6.18 Å². The minimum atomic E-state index is -4.30. The molecule has 0 spiro atoms. The van der Waals surface area contributed by atoms with E-state index in [4.69, 9.17) is 4.42 Å². The van der Waals surface area contributed by atoms with Gasteiger partial charge in [-0.15, -0.1) is 0 Å². The molecule has 1 unspecified atom stereocenters. The minimum Gasteiger partial charge on any atom is -0.444 e. The fourth-order valence-corrected chi connectivity index (χ4v) is 1.74. The molecule has 6 heteroatoms. The van der Waals surface area contributed by atoms with Gasteiger partial charge in [0.2, 0.25) is 5.89 Å². The van der Waals surface area contributed by atoms with Crippen LogP contribution < -0.4 is 5.32 Å². The van der Waals surface area contributed by atoms with Crippen LogP contribution in [0.25, 0.3) is 0 Å². The van der Waals surface area contributed by atoms with E-state index in [9.17, 15) is 13.2 Å². The molecule has 20 heavy (non-hydrogen) atoms. The molecular formula is C14H15F3N2O.